The minimum Gasteiger partial charge on any atom is -0.487 e. The lowest BCUT2D eigenvalue weighted by Gasteiger charge is -2.09. The smallest absolute Gasteiger partial charge is 0.404 e. The molecule has 0 atom stereocenters. The van der Waals surface area contributed by atoms with Gasteiger partial charge >= 0.3 is 11.8 Å². The third kappa shape index (κ3) is 5.20. The third-order valence-corrected chi connectivity index (χ3v) is 3.14. The quantitative estimate of drug-likeness (QED) is 0.401. The number of ether oxygens (including phenoxy) is 2. The molecule has 0 spiro atoms. The van der Waals surface area contributed by atoms with Crippen LogP contribution in [0.15, 0.2) is 16.6 Å². The van der Waals surface area contributed by atoms with Gasteiger partial charge in [-0.05, 0) is 34.8 Å². The number of nitrogens with two attached hydrogens (primary N) is 2. The van der Waals surface area contributed by atoms with Crippen molar-refractivity contribution >= 4 is 33.6 Å². The van der Waals surface area contributed by atoms with Crippen LogP contribution in [-0.2, 0) is 4.74 Å². The summed E-state index contributed by atoms with van der Waals surface area (Å²) in [4.78, 5) is 32.0. The highest BCUT2D eigenvalue weighted by Gasteiger charge is 2.22. The zero-order valence-corrected chi connectivity index (χ0v) is 13.0. The third-order valence-electron chi connectivity index (χ3n) is 2.54. The maximum atomic E-state index is 11.2. The molecule has 0 aliphatic heterocycles. The van der Waals surface area contributed by atoms with Crippen molar-refractivity contribution in [2.24, 2.45) is 11.5 Å². The Labute approximate surface area is 133 Å². The Kier molecular flexibility index (Phi) is 6.57. The Bertz CT molecular complexity index is 592. The van der Waals surface area contributed by atoms with Crippen LogP contribution in [-0.4, -0.2) is 30.1 Å². The molecule has 0 aliphatic carbocycles. The van der Waals surface area contributed by atoms with Crippen molar-refractivity contribution in [2.45, 2.75) is 12.8 Å². The number of amides is 2. The van der Waals surface area contributed by atoms with Gasteiger partial charge in [-0.15, -0.1) is 0 Å². The first-order valence-corrected chi connectivity index (χ1v) is 6.95. The molecule has 0 aromatic heterocycles. The van der Waals surface area contributed by atoms with Gasteiger partial charge in [-0.2, -0.15) is 0 Å². The predicted molar refractivity (Wildman–Crippen MR) is 79.6 cm³/mol. The summed E-state index contributed by atoms with van der Waals surface area (Å²) in [5.41, 5.74) is 9.75. The van der Waals surface area contributed by atoms with Crippen LogP contribution in [0.1, 0.15) is 23.2 Å². The average Bonchev–Trinajstić information content (AvgIpc) is 2.41. The Balaban J connectivity index is 2.73. The largest absolute Gasteiger partial charge is 0.487 e. The normalized spacial score (nSPS) is 10.0. The van der Waals surface area contributed by atoms with Crippen molar-refractivity contribution in [3.63, 3.8) is 0 Å². The SMILES string of the molecule is NC(=O)OCCCCOc1cc(C(N)=O)cc(Br)c1[N+](=O)[O-]. The summed E-state index contributed by atoms with van der Waals surface area (Å²) in [5.74, 6) is -0.792. The molecule has 10 heteroatoms. The summed E-state index contributed by atoms with van der Waals surface area (Å²) in [6, 6.07) is 2.47. The lowest BCUT2D eigenvalue weighted by Crippen LogP contribution is -2.14. The molecule has 1 aromatic carbocycles. The van der Waals surface area contributed by atoms with Gasteiger partial charge in [0.15, 0.2) is 5.75 Å². The topological polar surface area (TPSA) is 148 Å². The number of benzene rings is 1. The van der Waals surface area contributed by atoms with Gasteiger partial charge in [0.2, 0.25) is 5.91 Å². The number of unbranched alkanes of at least 4 members (excludes halogenated alkanes) is 1. The van der Waals surface area contributed by atoms with Gasteiger partial charge < -0.3 is 20.9 Å². The molecule has 0 saturated carbocycles. The van der Waals surface area contributed by atoms with Gasteiger partial charge in [0, 0.05) is 11.6 Å². The van der Waals surface area contributed by atoms with Crippen LogP contribution in [0.3, 0.4) is 0 Å². The van der Waals surface area contributed by atoms with Crippen molar-refractivity contribution < 1.29 is 24.0 Å². The maximum absolute atomic E-state index is 11.2. The van der Waals surface area contributed by atoms with E-state index in [1.165, 1.54) is 12.1 Å². The fourth-order valence-corrected chi connectivity index (χ4v) is 2.15. The zero-order chi connectivity index (χ0) is 16.7. The lowest BCUT2D eigenvalue weighted by molar-refractivity contribution is -0.386. The molecule has 0 unspecified atom stereocenters. The Morgan fingerprint density at radius 3 is 2.41 bits per heavy atom. The second-order valence-corrected chi connectivity index (χ2v) is 5.00. The molecule has 1 aromatic rings. The first-order valence-electron chi connectivity index (χ1n) is 6.15. The van der Waals surface area contributed by atoms with Crippen molar-refractivity contribution in [1.82, 2.24) is 0 Å². The molecule has 0 bridgehead atoms. The first kappa shape index (κ1) is 17.7. The van der Waals surface area contributed by atoms with E-state index in [-0.39, 0.29) is 34.7 Å². The van der Waals surface area contributed by atoms with Gasteiger partial charge in [-0.1, -0.05) is 0 Å². The predicted octanol–water partition coefficient (Wildman–Crippen LogP) is 1.71. The number of hydrogen-bond acceptors (Lipinski definition) is 6. The number of rotatable bonds is 8. The van der Waals surface area contributed by atoms with Crippen molar-refractivity contribution in [3.05, 3.63) is 32.3 Å². The minimum absolute atomic E-state index is 0.0657. The summed E-state index contributed by atoms with van der Waals surface area (Å²) in [5, 5.41) is 11.0. The molecule has 2 amide bonds. The van der Waals surface area contributed by atoms with Gasteiger partial charge in [0.25, 0.3) is 0 Å². The molecule has 0 saturated heterocycles. The molecule has 0 aliphatic rings. The molecule has 22 heavy (non-hydrogen) atoms. The van der Waals surface area contributed by atoms with Crippen LogP contribution in [0.2, 0.25) is 0 Å². The van der Waals surface area contributed by atoms with Gasteiger partial charge in [0.05, 0.1) is 18.1 Å². The van der Waals surface area contributed by atoms with Gasteiger partial charge in [0.1, 0.15) is 4.47 Å². The highest BCUT2D eigenvalue weighted by molar-refractivity contribution is 9.10. The van der Waals surface area contributed by atoms with E-state index in [4.69, 9.17) is 16.2 Å². The molecule has 0 fully saturated rings. The van der Waals surface area contributed by atoms with Crippen molar-refractivity contribution in [3.8, 4) is 5.75 Å². The number of hydrogen-bond donors (Lipinski definition) is 2. The minimum atomic E-state index is -0.866. The van der Waals surface area contributed by atoms with E-state index in [0.29, 0.717) is 12.8 Å². The Morgan fingerprint density at radius 2 is 1.86 bits per heavy atom. The molecule has 0 heterocycles. The Hall–Kier alpha value is -2.36. The second kappa shape index (κ2) is 8.17. The van der Waals surface area contributed by atoms with Crippen LogP contribution in [0.25, 0.3) is 0 Å². The van der Waals surface area contributed by atoms with Crippen LogP contribution < -0.4 is 16.2 Å². The number of nitro groups is 1. The van der Waals surface area contributed by atoms with Crippen LogP contribution in [0, 0.1) is 10.1 Å². The molecular formula is C12H14BrN3O6. The van der Waals surface area contributed by atoms with E-state index in [9.17, 15) is 19.7 Å². The maximum Gasteiger partial charge on any atom is 0.404 e. The standard InChI is InChI=1S/C12H14BrN3O6/c13-8-5-7(11(14)17)6-9(10(8)16(19)20)21-3-1-2-4-22-12(15)18/h5-6H,1-4H2,(H2,14,17)(H2,15,18). The summed E-state index contributed by atoms with van der Waals surface area (Å²) in [7, 11) is 0. The summed E-state index contributed by atoms with van der Waals surface area (Å²) >= 11 is 3.02. The molecule has 9 nitrogen and oxygen atoms in total. The molecule has 120 valence electrons. The number of carbonyl (C=O) groups is 2. The summed E-state index contributed by atoms with van der Waals surface area (Å²) in [6.07, 6.45) is 0.0886. The van der Waals surface area contributed by atoms with Gasteiger partial charge in [-0.3, -0.25) is 14.9 Å². The number of halogens is 1. The summed E-state index contributed by atoms with van der Waals surface area (Å²) < 4.78 is 9.96. The highest BCUT2D eigenvalue weighted by Crippen LogP contribution is 2.36. The van der Waals surface area contributed by atoms with Crippen molar-refractivity contribution in [2.75, 3.05) is 13.2 Å². The Morgan fingerprint density at radius 1 is 1.23 bits per heavy atom. The van der Waals surface area contributed by atoms with Crippen molar-refractivity contribution in [1.29, 1.82) is 0 Å². The van der Waals surface area contributed by atoms with E-state index >= 15 is 0 Å². The van der Waals surface area contributed by atoms with Crippen LogP contribution in [0.5, 0.6) is 5.75 Å². The van der Waals surface area contributed by atoms with Crippen LogP contribution >= 0.6 is 15.9 Å². The second-order valence-electron chi connectivity index (χ2n) is 4.15. The molecular weight excluding hydrogens is 362 g/mol. The number of primary amides is 2. The van der Waals surface area contributed by atoms with E-state index in [0.717, 1.165) is 0 Å². The van der Waals surface area contributed by atoms with E-state index in [1.807, 2.05) is 0 Å². The highest BCUT2D eigenvalue weighted by atomic mass is 79.9. The number of nitrogens with zero attached hydrogens (tertiary/aromatic N) is 1. The lowest BCUT2D eigenvalue weighted by atomic mass is 10.2. The fraction of sp³-hybridized carbons (Fsp3) is 0.333. The first-order chi connectivity index (χ1) is 10.3. The summed E-state index contributed by atoms with van der Waals surface area (Å²) in [6.45, 7) is 0.267. The van der Waals surface area contributed by atoms with Crippen LogP contribution in [0.4, 0.5) is 10.5 Å². The fourth-order valence-electron chi connectivity index (χ4n) is 1.56. The van der Waals surface area contributed by atoms with E-state index in [2.05, 4.69) is 20.7 Å². The van der Waals surface area contributed by atoms with Gasteiger partial charge in [-0.25, -0.2) is 4.79 Å². The zero-order valence-electron chi connectivity index (χ0n) is 11.4. The van der Waals surface area contributed by atoms with E-state index < -0.39 is 16.9 Å². The monoisotopic (exact) mass is 375 g/mol. The van der Waals surface area contributed by atoms with E-state index in [1.54, 1.807) is 0 Å². The number of nitro benzene ring substituents is 1. The average molecular weight is 376 g/mol. The molecule has 4 N–H and O–H groups in total. The molecule has 1 rings (SSSR count). The molecule has 0 radical (unpaired) electrons. The number of carbonyl (C=O) groups excluding carboxylic acids is 2.